The van der Waals surface area contributed by atoms with E-state index < -0.39 is 0 Å². The monoisotopic (exact) mass is 278 g/mol. The van der Waals surface area contributed by atoms with Crippen LogP contribution in [0.15, 0.2) is 24.3 Å². The van der Waals surface area contributed by atoms with Gasteiger partial charge in [0, 0.05) is 37.3 Å². The first-order valence-electron chi connectivity index (χ1n) is 7.49. The molecule has 2 N–H and O–H groups in total. The molecule has 4 heteroatoms. The van der Waals surface area contributed by atoms with E-state index in [-0.39, 0.29) is 12.6 Å². The summed E-state index contributed by atoms with van der Waals surface area (Å²) in [6.07, 6.45) is 0.955. The van der Waals surface area contributed by atoms with Crippen LogP contribution in [0, 0.1) is 0 Å². The van der Waals surface area contributed by atoms with E-state index in [9.17, 15) is 5.11 Å². The van der Waals surface area contributed by atoms with Gasteiger partial charge in [0.1, 0.15) is 12.4 Å². The van der Waals surface area contributed by atoms with Gasteiger partial charge in [0.15, 0.2) is 0 Å². The lowest BCUT2D eigenvalue weighted by Crippen LogP contribution is -2.40. The third-order valence-corrected chi connectivity index (χ3v) is 3.61. The number of rotatable bonds is 6. The Morgan fingerprint density at radius 1 is 1.35 bits per heavy atom. The van der Waals surface area contributed by atoms with Crippen molar-refractivity contribution in [3.05, 3.63) is 29.8 Å². The number of aliphatic hydroxyl groups excluding tert-OH is 1. The minimum atomic E-state index is 0.175. The average molecular weight is 278 g/mol. The van der Waals surface area contributed by atoms with Crippen LogP contribution in [-0.4, -0.2) is 48.4 Å². The standard InChI is InChI=1S/C16H26N2O2/c1-13(2)17-15(12-19)7-8-18-9-10-20-16-6-4-3-5-14(16)11-18/h3-6,13,15,17,19H,7-12H2,1-2H3. The molecule has 0 aliphatic carbocycles. The summed E-state index contributed by atoms with van der Waals surface area (Å²) in [5.41, 5.74) is 1.25. The van der Waals surface area contributed by atoms with Crippen molar-refractivity contribution in [3.8, 4) is 5.75 Å². The highest BCUT2D eigenvalue weighted by Gasteiger charge is 2.16. The molecule has 0 aromatic heterocycles. The molecule has 4 nitrogen and oxygen atoms in total. The van der Waals surface area contributed by atoms with Crippen LogP contribution >= 0.6 is 0 Å². The first-order valence-corrected chi connectivity index (χ1v) is 7.49. The molecule has 112 valence electrons. The molecule has 1 aliphatic heterocycles. The van der Waals surface area contributed by atoms with Crippen molar-refractivity contribution >= 4 is 0 Å². The highest BCUT2D eigenvalue weighted by Crippen LogP contribution is 2.22. The Morgan fingerprint density at radius 2 is 2.15 bits per heavy atom. The molecular weight excluding hydrogens is 252 g/mol. The van der Waals surface area contributed by atoms with Crippen LogP contribution in [0.25, 0.3) is 0 Å². The zero-order chi connectivity index (χ0) is 14.4. The molecular formula is C16H26N2O2. The molecule has 0 fully saturated rings. The Labute approximate surface area is 121 Å². The summed E-state index contributed by atoms with van der Waals surface area (Å²) in [7, 11) is 0. The number of hydrogen-bond donors (Lipinski definition) is 2. The van der Waals surface area contributed by atoms with Crippen molar-refractivity contribution in [2.75, 3.05) is 26.3 Å². The fourth-order valence-electron chi connectivity index (χ4n) is 2.61. The number of para-hydroxylation sites is 1. The lowest BCUT2D eigenvalue weighted by Gasteiger charge is -2.24. The Balaban J connectivity index is 1.87. The quantitative estimate of drug-likeness (QED) is 0.830. The van der Waals surface area contributed by atoms with Gasteiger partial charge in [-0.25, -0.2) is 0 Å². The Morgan fingerprint density at radius 3 is 2.90 bits per heavy atom. The summed E-state index contributed by atoms with van der Waals surface area (Å²) < 4.78 is 5.77. The smallest absolute Gasteiger partial charge is 0.123 e. The van der Waals surface area contributed by atoms with Gasteiger partial charge >= 0.3 is 0 Å². The summed E-state index contributed by atoms with van der Waals surface area (Å²) in [5, 5.41) is 12.8. The van der Waals surface area contributed by atoms with Gasteiger partial charge in [-0.2, -0.15) is 0 Å². The highest BCUT2D eigenvalue weighted by atomic mass is 16.5. The molecule has 0 saturated heterocycles. The summed E-state index contributed by atoms with van der Waals surface area (Å²) in [5.74, 6) is 1.01. The second-order valence-electron chi connectivity index (χ2n) is 5.72. The molecule has 1 unspecified atom stereocenters. The Kier molecular flexibility index (Phi) is 5.83. The molecule has 0 radical (unpaired) electrons. The SMILES string of the molecule is CC(C)NC(CO)CCN1CCOc2ccccc2C1. The number of benzene rings is 1. The topological polar surface area (TPSA) is 44.7 Å². The van der Waals surface area contributed by atoms with Crippen LogP contribution in [-0.2, 0) is 6.54 Å². The number of fused-ring (bicyclic) bond motifs is 1. The first kappa shape index (κ1) is 15.3. The third-order valence-electron chi connectivity index (χ3n) is 3.61. The summed E-state index contributed by atoms with van der Waals surface area (Å²) in [6, 6.07) is 8.82. The van der Waals surface area contributed by atoms with Crippen LogP contribution in [0.4, 0.5) is 0 Å². The predicted molar refractivity (Wildman–Crippen MR) is 81.0 cm³/mol. The van der Waals surface area contributed by atoms with E-state index in [0.717, 1.165) is 38.4 Å². The van der Waals surface area contributed by atoms with Crippen LogP contribution in [0.5, 0.6) is 5.75 Å². The number of ether oxygens (including phenoxy) is 1. The van der Waals surface area contributed by atoms with Gasteiger partial charge in [0.05, 0.1) is 6.61 Å². The van der Waals surface area contributed by atoms with Gasteiger partial charge in [-0.05, 0) is 12.5 Å². The number of nitrogens with one attached hydrogen (secondary N) is 1. The molecule has 0 bridgehead atoms. The van der Waals surface area contributed by atoms with Gasteiger partial charge in [-0.1, -0.05) is 32.0 Å². The molecule has 0 saturated carbocycles. The van der Waals surface area contributed by atoms with Crippen molar-refractivity contribution < 1.29 is 9.84 Å². The lowest BCUT2D eigenvalue weighted by atomic mass is 10.1. The maximum absolute atomic E-state index is 9.41. The average Bonchev–Trinajstić information content (AvgIpc) is 2.64. The summed E-state index contributed by atoms with van der Waals surface area (Å²) >= 11 is 0. The number of hydrogen-bond acceptors (Lipinski definition) is 4. The summed E-state index contributed by atoms with van der Waals surface area (Å²) in [4.78, 5) is 2.40. The zero-order valence-corrected chi connectivity index (χ0v) is 12.5. The number of nitrogens with zero attached hydrogens (tertiary/aromatic N) is 1. The van der Waals surface area contributed by atoms with Gasteiger partial charge in [-0.3, -0.25) is 4.90 Å². The van der Waals surface area contributed by atoms with Crippen LogP contribution < -0.4 is 10.1 Å². The summed E-state index contributed by atoms with van der Waals surface area (Å²) in [6.45, 7) is 7.99. The Hall–Kier alpha value is -1.10. The molecule has 1 heterocycles. The molecule has 1 atom stereocenters. The fraction of sp³-hybridized carbons (Fsp3) is 0.625. The molecule has 1 aliphatic rings. The van der Waals surface area contributed by atoms with E-state index >= 15 is 0 Å². The van der Waals surface area contributed by atoms with Crippen molar-refractivity contribution in [1.29, 1.82) is 0 Å². The molecule has 1 aromatic rings. The van der Waals surface area contributed by atoms with E-state index in [0.29, 0.717) is 6.04 Å². The second kappa shape index (κ2) is 7.62. The normalized spacial score (nSPS) is 17.4. The van der Waals surface area contributed by atoms with E-state index in [2.05, 4.69) is 36.2 Å². The molecule has 0 spiro atoms. The number of aliphatic hydroxyl groups is 1. The minimum Gasteiger partial charge on any atom is -0.492 e. The third kappa shape index (κ3) is 4.47. The van der Waals surface area contributed by atoms with E-state index in [1.807, 2.05) is 12.1 Å². The van der Waals surface area contributed by atoms with Crippen LogP contribution in [0.1, 0.15) is 25.8 Å². The minimum absolute atomic E-state index is 0.175. The maximum Gasteiger partial charge on any atom is 0.123 e. The van der Waals surface area contributed by atoms with Gasteiger partial charge in [-0.15, -0.1) is 0 Å². The van der Waals surface area contributed by atoms with Crippen LogP contribution in [0.2, 0.25) is 0 Å². The van der Waals surface area contributed by atoms with Gasteiger partial charge in [0.25, 0.3) is 0 Å². The van der Waals surface area contributed by atoms with E-state index in [1.54, 1.807) is 0 Å². The molecule has 2 rings (SSSR count). The van der Waals surface area contributed by atoms with Crippen molar-refractivity contribution in [1.82, 2.24) is 10.2 Å². The Bertz CT molecular complexity index is 409. The van der Waals surface area contributed by atoms with Crippen LogP contribution in [0.3, 0.4) is 0 Å². The first-order chi connectivity index (χ1) is 9.69. The predicted octanol–water partition coefficient (Wildman–Crippen LogP) is 1.63. The molecule has 20 heavy (non-hydrogen) atoms. The second-order valence-corrected chi connectivity index (χ2v) is 5.72. The van der Waals surface area contributed by atoms with Crippen molar-refractivity contribution in [2.45, 2.75) is 38.9 Å². The van der Waals surface area contributed by atoms with Gasteiger partial charge in [0.2, 0.25) is 0 Å². The van der Waals surface area contributed by atoms with Gasteiger partial charge < -0.3 is 15.2 Å². The maximum atomic E-state index is 9.41. The molecule has 1 aromatic carbocycles. The molecule has 0 amide bonds. The van der Waals surface area contributed by atoms with Crippen molar-refractivity contribution in [2.24, 2.45) is 0 Å². The van der Waals surface area contributed by atoms with Crippen molar-refractivity contribution in [3.63, 3.8) is 0 Å². The largest absolute Gasteiger partial charge is 0.492 e. The van der Waals surface area contributed by atoms with E-state index in [4.69, 9.17) is 4.74 Å². The fourth-order valence-corrected chi connectivity index (χ4v) is 2.61. The highest BCUT2D eigenvalue weighted by molar-refractivity contribution is 5.33. The van der Waals surface area contributed by atoms with E-state index in [1.165, 1.54) is 5.56 Å². The lowest BCUT2D eigenvalue weighted by molar-refractivity contribution is 0.186. The zero-order valence-electron chi connectivity index (χ0n) is 12.5.